The molecule has 0 saturated heterocycles. The molecule has 0 aliphatic heterocycles. The van der Waals surface area contributed by atoms with E-state index in [1.165, 1.54) is 63.5 Å². The molecule has 0 radical (unpaired) electrons. The second-order valence-corrected chi connectivity index (χ2v) is 10.5. The second-order valence-electron chi connectivity index (χ2n) is 10.5. The van der Waals surface area contributed by atoms with Gasteiger partial charge in [0.2, 0.25) is 0 Å². The summed E-state index contributed by atoms with van der Waals surface area (Å²) in [6.45, 7) is 4.19. The summed E-state index contributed by atoms with van der Waals surface area (Å²) in [5.41, 5.74) is 0.808. The van der Waals surface area contributed by atoms with Crippen molar-refractivity contribution in [2.45, 2.75) is 84.0 Å². The molecule has 3 heteroatoms. The zero-order valence-corrected chi connectivity index (χ0v) is 19.9. The smallest absolute Gasteiger partial charge is 0.191 e. The van der Waals surface area contributed by atoms with Gasteiger partial charge in [0, 0.05) is 0 Å². The maximum Gasteiger partial charge on any atom is 0.191 e. The molecule has 4 unspecified atom stereocenters. The van der Waals surface area contributed by atoms with Crippen LogP contribution in [-0.2, 0) is 0 Å². The van der Waals surface area contributed by atoms with Crippen LogP contribution in [0.2, 0.25) is 0 Å². The van der Waals surface area contributed by atoms with Crippen molar-refractivity contribution in [2.75, 3.05) is 6.61 Å². The normalized spacial score (nSPS) is 33.5. The van der Waals surface area contributed by atoms with E-state index in [0.29, 0.717) is 0 Å². The van der Waals surface area contributed by atoms with Crippen molar-refractivity contribution in [3.05, 3.63) is 53.6 Å². The summed E-state index contributed by atoms with van der Waals surface area (Å²) in [4.78, 5) is 0. The summed E-state index contributed by atoms with van der Waals surface area (Å²) in [5, 5.41) is 0. The van der Waals surface area contributed by atoms with E-state index >= 15 is 0 Å². The van der Waals surface area contributed by atoms with Gasteiger partial charge in [0.1, 0.15) is 6.61 Å². The van der Waals surface area contributed by atoms with E-state index in [9.17, 15) is 8.78 Å². The molecule has 1 aromatic carbocycles. The Balaban J connectivity index is 1.30. The standard InChI is InChI=1S/C29H40F2O/c1-3-5-15-32-29-27(30)18-26(19-28(29)31)22-11-9-21(10-12-22)24-14-13-23-16-20(6-4-2)7-8-25(23)17-24/h3-6,18-25H,7-17H2,1-2H3/b5-3+,6-4+. The first-order valence-corrected chi connectivity index (χ1v) is 12.9. The number of halogens is 2. The third-order valence-electron chi connectivity index (χ3n) is 8.65. The fourth-order valence-corrected chi connectivity index (χ4v) is 6.94. The lowest BCUT2D eigenvalue weighted by molar-refractivity contribution is 0.0718. The monoisotopic (exact) mass is 442 g/mol. The highest BCUT2D eigenvalue weighted by Gasteiger charge is 2.38. The highest BCUT2D eigenvalue weighted by Crippen LogP contribution is 2.50. The summed E-state index contributed by atoms with van der Waals surface area (Å²) in [6, 6.07) is 3.01. The van der Waals surface area contributed by atoms with Crippen molar-refractivity contribution in [3.63, 3.8) is 0 Å². The predicted octanol–water partition coefficient (Wildman–Crippen LogP) is 8.60. The first-order chi connectivity index (χ1) is 15.6. The summed E-state index contributed by atoms with van der Waals surface area (Å²) >= 11 is 0. The number of hydrogen-bond donors (Lipinski definition) is 0. The van der Waals surface area contributed by atoms with E-state index in [4.69, 9.17) is 4.74 Å². The largest absolute Gasteiger partial charge is 0.483 e. The Kier molecular flexibility index (Phi) is 8.07. The van der Waals surface area contributed by atoms with Crippen LogP contribution in [0.5, 0.6) is 5.75 Å². The maximum atomic E-state index is 14.5. The number of fused-ring (bicyclic) bond motifs is 1. The summed E-state index contributed by atoms with van der Waals surface area (Å²) in [6.07, 6.45) is 21.1. The molecule has 176 valence electrons. The molecule has 0 N–H and O–H groups in total. The van der Waals surface area contributed by atoms with Crippen LogP contribution in [0.3, 0.4) is 0 Å². The van der Waals surface area contributed by atoms with Crippen molar-refractivity contribution >= 4 is 0 Å². The Morgan fingerprint density at radius 1 is 0.781 bits per heavy atom. The minimum atomic E-state index is -0.571. The van der Waals surface area contributed by atoms with E-state index in [-0.39, 0.29) is 18.3 Å². The molecule has 1 nitrogen and oxygen atoms in total. The topological polar surface area (TPSA) is 9.23 Å². The molecule has 3 aliphatic rings. The molecule has 0 aromatic heterocycles. The first kappa shape index (κ1) is 23.5. The van der Waals surface area contributed by atoms with Crippen LogP contribution in [0, 0.1) is 41.2 Å². The number of allylic oxidation sites excluding steroid dienone is 3. The number of hydrogen-bond acceptors (Lipinski definition) is 1. The molecular weight excluding hydrogens is 402 g/mol. The zero-order valence-electron chi connectivity index (χ0n) is 19.9. The van der Waals surface area contributed by atoms with Gasteiger partial charge in [-0.15, -0.1) is 0 Å². The van der Waals surface area contributed by atoms with Gasteiger partial charge in [-0.1, -0.05) is 24.3 Å². The zero-order chi connectivity index (χ0) is 22.5. The summed E-state index contributed by atoms with van der Waals surface area (Å²) in [7, 11) is 0. The predicted molar refractivity (Wildman–Crippen MR) is 128 cm³/mol. The van der Waals surface area contributed by atoms with Gasteiger partial charge in [-0.25, -0.2) is 8.78 Å². The van der Waals surface area contributed by atoms with Crippen LogP contribution in [0.15, 0.2) is 36.4 Å². The molecule has 4 atom stereocenters. The fourth-order valence-electron chi connectivity index (χ4n) is 6.94. The molecule has 0 spiro atoms. The Labute approximate surface area is 193 Å². The van der Waals surface area contributed by atoms with Crippen LogP contribution in [0.1, 0.15) is 89.5 Å². The Morgan fingerprint density at radius 2 is 1.38 bits per heavy atom. The highest BCUT2D eigenvalue weighted by atomic mass is 19.1. The Morgan fingerprint density at radius 3 is 2.03 bits per heavy atom. The average Bonchev–Trinajstić information content (AvgIpc) is 2.81. The van der Waals surface area contributed by atoms with Gasteiger partial charge in [0.25, 0.3) is 0 Å². The number of benzene rings is 1. The molecule has 3 aliphatic carbocycles. The highest BCUT2D eigenvalue weighted by molar-refractivity contribution is 5.33. The van der Waals surface area contributed by atoms with E-state index in [2.05, 4.69) is 19.1 Å². The van der Waals surface area contributed by atoms with Gasteiger partial charge in [-0.05, 0) is 131 Å². The molecule has 3 fully saturated rings. The van der Waals surface area contributed by atoms with Gasteiger partial charge in [-0.2, -0.15) is 0 Å². The molecule has 3 saturated carbocycles. The third-order valence-corrected chi connectivity index (χ3v) is 8.65. The van der Waals surface area contributed by atoms with Crippen molar-refractivity contribution in [1.82, 2.24) is 0 Å². The van der Waals surface area contributed by atoms with Crippen LogP contribution in [0.4, 0.5) is 8.78 Å². The average molecular weight is 443 g/mol. The van der Waals surface area contributed by atoms with Crippen LogP contribution >= 0.6 is 0 Å². The van der Waals surface area contributed by atoms with Gasteiger partial charge < -0.3 is 4.74 Å². The fraction of sp³-hybridized carbons (Fsp3) is 0.655. The summed E-state index contributed by atoms with van der Waals surface area (Å²) in [5.74, 6) is 3.24. The van der Waals surface area contributed by atoms with Crippen LogP contribution < -0.4 is 4.74 Å². The lowest BCUT2D eigenvalue weighted by atomic mass is 9.61. The maximum absolute atomic E-state index is 14.5. The van der Waals surface area contributed by atoms with Gasteiger partial charge in [0.05, 0.1) is 0 Å². The van der Waals surface area contributed by atoms with E-state index in [0.717, 1.165) is 48.0 Å². The lowest BCUT2D eigenvalue weighted by Crippen LogP contribution is -2.34. The van der Waals surface area contributed by atoms with E-state index < -0.39 is 11.6 Å². The van der Waals surface area contributed by atoms with E-state index in [1.807, 2.05) is 13.0 Å². The number of rotatable bonds is 6. The Hall–Kier alpha value is -1.64. The Bertz CT molecular complexity index is 782. The van der Waals surface area contributed by atoms with E-state index in [1.54, 1.807) is 6.08 Å². The van der Waals surface area contributed by atoms with Crippen molar-refractivity contribution < 1.29 is 13.5 Å². The summed E-state index contributed by atoms with van der Waals surface area (Å²) < 4.78 is 34.3. The first-order valence-electron chi connectivity index (χ1n) is 12.9. The number of ether oxygens (including phenoxy) is 1. The third kappa shape index (κ3) is 5.46. The molecule has 0 amide bonds. The molecule has 0 heterocycles. The molecule has 1 aromatic rings. The van der Waals surface area contributed by atoms with Gasteiger partial charge >= 0.3 is 0 Å². The lowest BCUT2D eigenvalue weighted by Gasteiger charge is -2.45. The molecule has 0 bridgehead atoms. The second kappa shape index (κ2) is 11.0. The quantitative estimate of drug-likeness (QED) is 0.401. The SMILES string of the molecule is C/C=C/COc1c(F)cc(C2CCC(C3CCC4CC(/C=C/C)CCC4C3)CC2)cc1F. The molecule has 4 rings (SSSR count). The van der Waals surface area contributed by atoms with Crippen molar-refractivity contribution in [2.24, 2.45) is 29.6 Å². The minimum Gasteiger partial charge on any atom is -0.483 e. The minimum absolute atomic E-state index is 0.188. The molecular formula is C29H40F2O. The van der Waals surface area contributed by atoms with Gasteiger partial charge in [0.15, 0.2) is 17.4 Å². The molecule has 32 heavy (non-hydrogen) atoms. The van der Waals surface area contributed by atoms with Crippen molar-refractivity contribution in [1.29, 1.82) is 0 Å². The van der Waals surface area contributed by atoms with Crippen LogP contribution in [0.25, 0.3) is 0 Å². The van der Waals surface area contributed by atoms with Crippen molar-refractivity contribution in [3.8, 4) is 5.75 Å². The van der Waals surface area contributed by atoms with Crippen LogP contribution in [-0.4, -0.2) is 6.61 Å². The van der Waals surface area contributed by atoms with Gasteiger partial charge in [-0.3, -0.25) is 0 Å².